The molecule has 6 nitrogen and oxygen atoms in total. The van der Waals surface area contributed by atoms with E-state index < -0.39 is 11.6 Å². The fourth-order valence-electron chi connectivity index (χ4n) is 3.44. The zero-order valence-corrected chi connectivity index (χ0v) is 20.0. The first kappa shape index (κ1) is 24.8. The minimum Gasteiger partial charge on any atom is -0.366 e. The molecule has 3 rings (SSSR count). The number of rotatable bonds is 5. The fourth-order valence-corrected chi connectivity index (χ4v) is 3.44. The van der Waals surface area contributed by atoms with E-state index in [0.717, 1.165) is 23.7 Å². The number of hydrogen-bond donors (Lipinski definition) is 2. The maximum Gasteiger partial charge on any atom is 0.251 e. The summed E-state index contributed by atoms with van der Waals surface area (Å²) in [5.41, 5.74) is 1.96. The van der Waals surface area contributed by atoms with Gasteiger partial charge in [0.1, 0.15) is 11.6 Å². The maximum atomic E-state index is 14.0. The number of carbonyl (C=O) groups excluding carboxylic acids is 1. The van der Waals surface area contributed by atoms with Gasteiger partial charge in [0.25, 0.3) is 5.91 Å². The molecule has 0 spiro atoms. The number of amides is 1. The maximum absolute atomic E-state index is 14.0. The number of hydrogen-bond acceptors (Lipinski definition) is 3. The highest BCUT2D eigenvalue weighted by Gasteiger charge is 2.22. The highest BCUT2D eigenvalue weighted by atomic mass is 127. The summed E-state index contributed by atoms with van der Waals surface area (Å²) in [6.45, 7) is 5.48. The van der Waals surface area contributed by atoms with Gasteiger partial charge >= 0.3 is 0 Å². The predicted molar refractivity (Wildman–Crippen MR) is 130 cm³/mol. The first-order chi connectivity index (χ1) is 14.5. The van der Waals surface area contributed by atoms with Crippen molar-refractivity contribution in [3.05, 3.63) is 65.2 Å². The topological polar surface area (TPSA) is 60.0 Å². The quantitative estimate of drug-likeness (QED) is 0.346. The Morgan fingerprint density at radius 2 is 1.71 bits per heavy atom. The van der Waals surface area contributed by atoms with Crippen LogP contribution in [0.25, 0.3) is 0 Å². The number of anilines is 1. The van der Waals surface area contributed by atoms with Crippen LogP contribution in [0.4, 0.5) is 14.5 Å². The number of carbonyl (C=O) groups is 1. The Hall–Kier alpha value is -2.43. The van der Waals surface area contributed by atoms with Gasteiger partial charge in [-0.2, -0.15) is 0 Å². The van der Waals surface area contributed by atoms with Gasteiger partial charge in [-0.1, -0.05) is 12.1 Å². The van der Waals surface area contributed by atoms with Gasteiger partial charge in [0.05, 0.1) is 5.69 Å². The number of piperazine rings is 1. The summed E-state index contributed by atoms with van der Waals surface area (Å²) in [4.78, 5) is 20.1. The van der Waals surface area contributed by atoms with Crippen LogP contribution in [-0.4, -0.2) is 56.5 Å². The van der Waals surface area contributed by atoms with Gasteiger partial charge in [-0.25, -0.2) is 8.78 Å². The van der Waals surface area contributed by atoms with E-state index in [1.165, 1.54) is 6.07 Å². The van der Waals surface area contributed by atoms with Crippen molar-refractivity contribution >= 4 is 41.5 Å². The summed E-state index contributed by atoms with van der Waals surface area (Å²) in [5.74, 6) is -0.185. The van der Waals surface area contributed by atoms with Crippen molar-refractivity contribution in [2.24, 2.45) is 4.99 Å². The Kier molecular flexibility index (Phi) is 9.47. The van der Waals surface area contributed by atoms with Crippen LogP contribution >= 0.6 is 24.0 Å². The minimum atomic E-state index is -0.440. The smallest absolute Gasteiger partial charge is 0.251 e. The molecule has 31 heavy (non-hydrogen) atoms. The average Bonchev–Trinajstić information content (AvgIpc) is 2.77. The molecule has 9 heteroatoms. The number of nitrogens with zero attached hydrogens (tertiary/aromatic N) is 3. The molecule has 2 N–H and O–H groups in total. The highest BCUT2D eigenvalue weighted by molar-refractivity contribution is 14.0. The molecular formula is C22H28F2IN5O. The number of halogens is 3. The molecule has 2 aromatic carbocycles. The normalized spacial score (nSPS) is 14.1. The highest BCUT2D eigenvalue weighted by Crippen LogP contribution is 2.22. The summed E-state index contributed by atoms with van der Waals surface area (Å²) in [5, 5.41) is 6.10. The molecule has 1 amide bonds. The molecule has 0 atom stereocenters. The van der Waals surface area contributed by atoms with Gasteiger partial charge in [-0.05, 0) is 36.8 Å². The van der Waals surface area contributed by atoms with Crippen LogP contribution in [0, 0.1) is 11.6 Å². The number of guanidine groups is 1. The summed E-state index contributed by atoms with van der Waals surface area (Å²) < 4.78 is 27.5. The molecule has 0 saturated carbocycles. The van der Waals surface area contributed by atoms with Gasteiger partial charge in [0, 0.05) is 57.9 Å². The lowest BCUT2D eigenvalue weighted by atomic mass is 10.1. The molecule has 1 aliphatic rings. The van der Waals surface area contributed by atoms with Gasteiger partial charge in [0.15, 0.2) is 5.96 Å². The SMILES string of the molecule is CCNC(=O)c1ccc(CNC(=NC)N2CCN(c3cc(F)ccc3F)CC2)cc1.I. The molecule has 0 unspecified atom stereocenters. The van der Waals surface area contributed by atoms with E-state index in [4.69, 9.17) is 0 Å². The Balaban J connectivity index is 0.00000341. The Labute approximate surface area is 198 Å². The van der Waals surface area contributed by atoms with Crippen molar-refractivity contribution in [2.75, 3.05) is 44.7 Å². The lowest BCUT2D eigenvalue weighted by molar-refractivity contribution is 0.0956. The Morgan fingerprint density at radius 1 is 1.03 bits per heavy atom. The van der Waals surface area contributed by atoms with Crippen molar-refractivity contribution in [3.8, 4) is 0 Å². The standard InChI is InChI=1S/C22H27F2N5O.HI/c1-3-26-21(30)17-6-4-16(5-7-17)15-27-22(25-2)29-12-10-28(11-13-29)20-14-18(23)8-9-19(20)24;/h4-9,14H,3,10-13,15H2,1-2H3,(H,25,27)(H,26,30);1H. The van der Waals surface area contributed by atoms with E-state index >= 15 is 0 Å². The molecule has 0 radical (unpaired) electrons. The fraction of sp³-hybridized carbons (Fsp3) is 0.364. The number of nitrogens with one attached hydrogen (secondary N) is 2. The lowest BCUT2D eigenvalue weighted by Gasteiger charge is -2.37. The van der Waals surface area contributed by atoms with E-state index in [0.29, 0.717) is 50.5 Å². The van der Waals surface area contributed by atoms with Gasteiger partial charge < -0.3 is 20.4 Å². The minimum absolute atomic E-state index is 0. The molecular weight excluding hydrogens is 515 g/mol. The molecule has 0 aliphatic carbocycles. The third kappa shape index (κ3) is 6.52. The van der Waals surface area contributed by atoms with Crippen LogP contribution in [0.5, 0.6) is 0 Å². The van der Waals surface area contributed by atoms with E-state index in [-0.39, 0.29) is 29.9 Å². The van der Waals surface area contributed by atoms with Gasteiger partial charge in [-0.15, -0.1) is 24.0 Å². The van der Waals surface area contributed by atoms with E-state index in [2.05, 4.69) is 20.5 Å². The molecule has 168 valence electrons. The lowest BCUT2D eigenvalue weighted by Crippen LogP contribution is -2.52. The molecule has 1 heterocycles. The molecule has 1 fully saturated rings. The van der Waals surface area contributed by atoms with Crippen LogP contribution in [0.2, 0.25) is 0 Å². The molecule has 1 aliphatic heterocycles. The second kappa shape index (κ2) is 11.8. The molecule has 2 aromatic rings. The number of benzene rings is 2. The summed E-state index contributed by atoms with van der Waals surface area (Å²) >= 11 is 0. The monoisotopic (exact) mass is 543 g/mol. The van der Waals surface area contributed by atoms with Crippen LogP contribution in [0.1, 0.15) is 22.8 Å². The van der Waals surface area contributed by atoms with E-state index in [1.54, 1.807) is 19.2 Å². The Bertz CT molecular complexity index is 899. The molecule has 0 bridgehead atoms. The second-order valence-corrected chi connectivity index (χ2v) is 7.03. The molecule has 0 aromatic heterocycles. The van der Waals surface area contributed by atoms with Crippen LogP contribution in [0.3, 0.4) is 0 Å². The first-order valence-corrected chi connectivity index (χ1v) is 10.0. The van der Waals surface area contributed by atoms with Crippen LogP contribution < -0.4 is 15.5 Å². The van der Waals surface area contributed by atoms with E-state index in [9.17, 15) is 13.6 Å². The zero-order chi connectivity index (χ0) is 21.5. The third-order valence-corrected chi connectivity index (χ3v) is 5.04. The largest absolute Gasteiger partial charge is 0.366 e. The van der Waals surface area contributed by atoms with Crippen molar-refractivity contribution < 1.29 is 13.6 Å². The predicted octanol–water partition coefficient (Wildman–Crippen LogP) is 3.23. The van der Waals surface area contributed by atoms with Gasteiger partial charge in [0.2, 0.25) is 0 Å². The van der Waals surface area contributed by atoms with Crippen molar-refractivity contribution in [2.45, 2.75) is 13.5 Å². The molecule has 1 saturated heterocycles. The van der Waals surface area contributed by atoms with Gasteiger partial charge in [-0.3, -0.25) is 9.79 Å². The van der Waals surface area contributed by atoms with Crippen LogP contribution in [-0.2, 0) is 6.54 Å². The third-order valence-electron chi connectivity index (χ3n) is 5.04. The Morgan fingerprint density at radius 3 is 2.32 bits per heavy atom. The van der Waals surface area contributed by atoms with Crippen molar-refractivity contribution in [1.29, 1.82) is 0 Å². The first-order valence-electron chi connectivity index (χ1n) is 10.0. The second-order valence-electron chi connectivity index (χ2n) is 7.03. The van der Waals surface area contributed by atoms with Crippen LogP contribution in [0.15, 0.2) is 47.5 Å². The zero-order valence-electron chi connectivity index (χ0n) is 17.7. The number of aliphatic imine (C=N–C) groups is 1. The average molecular weight is 543 g/mol. The summed E-state index contributed by atoms with van der Waals surface area (Å²) in [6.07, 6.45) is 0. The van der Waals surface area contributed by atoms with Crippen molar-refractivity contribution in [1.82, 2.24) is 15.5 Å². The van der Waals surface area contributed by atoms with Crippen molar-refractivity contribution in [3.63, 3.8) is 0 Å². The summed E-state index contributed by atoms with van der Waals surface area (Å²) in [7, 11) is 1.72. The van der Waals surface area contributed by atoms with E-state index in [1.807, 2.05) is 24.0 Å². The summed E-state index contributed by atoms with van der Waals surface area (Å²) in [6, 6.07) is 11.0.